The number of hydrogen-bond donors (Lipinski definition) is 2. The number of aliphatic hydroxyl groups is 1. The lowest BCUT2D eigenvalue weighted by Gasteiger charge is -2.31. The number of carbonyl (C=O) groups is 1. The first-order valence-electron chi connectivity index (χ1n) is 14.9. The molecular weight excluding hydrogens is 666 g/mol. The second-order valence-corrected chi connectivity index (χ2v) is 11.6. The number of aliphatic imine (C=N–C) groups is 1. The van der Waals surface area contributed by atoms with E-state index in [4.69, 9.17) is 29.0 Å². The fourth-order valence-corrected chi connectivity index (χ4v) is 5.71. The van der Waals surface area contributed by atoms with Crippen LogP contribution in [0.2, 0.25) is 0 Å². The van der Waals surface area contributed by atoms with Crippen LogP contribution in [0, 0.1) is 0 Å². The van der Waals surface area contributed by atoms with Gasteiger partial charge in [-0.15, -0.1) is 0 Å². The van der Waals surface area contributed by atoms with Crippen molar-refractivity contribution in [3.8, 4) is 17.2 Å². The van der Waals surface area contributed by atoms with Crippen LogP contribution in [0.1, 0.15) is 34.8 Å². The van der Waals surface area contributed by atoms with Gasteiger partial charge in [-0.2, -0.15) is 0 Å². The van der Waals surface area contributed by atoms with Crippen LogP contribution in [-0.4, -0.2) is 49.9 Å². The number of amides is 1. The van der Waals surface area contributed by atoms with Gasteiger partial charge in [0.05, 0.1) is 20.8 Å². The molecule has 4 aromatic carbocycles. The molecule has 1 heterocycles. The Morgan fingerprint density at radius 1 is 1.04 bits per heavy atom. The number of methoxy groups -OCH3 is 2. The molecule has 0 unspecified atom stereocenters. The second-order valence-electron chi connectivity index (χ2n) is 10.7. The Morgan fingerprint density at radius 3 is 2.51 bits per heavy atom. The Hall–Kier alpha value is -5.03. The molecule has 47 heavy (non-hydrogen) atoms. The number of ether oxygens (including phenoxy) is 4. The number of nitrogens with one attached hydrogen (secondary N) is 1. The molecule has 0 spiro atoms. The third-order valence-corrected chi connectivity index (χ3v) is 8.24. The van der Waals surface area contributed by atoms with Gasteiger partial charge >= 0.3 is 0 Å². The van der Waals surface area contributed by atoms with E-state index < -0.39 is 17.6 Å². The summed E-state index contributed by atoms with van der Waals surface area (Å²) in [7, 11) is 3.10. The number of benzene rings is 4. The number of nitrogens with zero attached hydrogens (tertiary/aromatic N) is 4. The van der Waals surface area contributed by atoms with Crippen molar-refractivity contribution in [2.24, 2.45) is 10.1 Å². The van der Waals surface area contributed by atoms with Crippen molar-refractivity contribution in [2.75, 3.05) is 27.4 Å². The predicted molar refractivity (Wildman–Crippen MR) is 181 cm³/mol. The number of para-hydroxylation sites is 1. The van der Waals surface area contributed by atoms with Gasteiger partial charge < -0.3 is 29.4 Å². The summed E-state index contributed by atoms with van der Waals surface area (Å²) in [5, 5.41) is 16.1. The van der Waals surface area contributed by atoms with Crippen LogP contribution in [0.25, 0.3) is 10.4 Å². The monoisotopic (exact) mass is 699 g/mol. The third-order valence-electron chi connectivity index (χ3n) is 7.71. The van der Waals surface area contributed by atoms with Gasteiger partial charge in [-0.3, -0.25) is 4.79 Å². The first kappa shape index (κ1) is 33.3. The minimum atomic E-state index is -1.52. The molecule has 0 bridgehead atoms. The average molecular weight is 701 g/mol. The quantitative estimate of drug-likeness (QED) is 0.0628. The summed E-state index contributed by atoms with van der Waals surface area (Å²) >= 11 is 3.49. The summed E-state index contributed by atoms with van der Waals surface area (Å²) in [4.78, 5) is 22.8. The van der Waals surface area contributed by atoms with Gasteiger partial charge in [0, 0.05) is 57.8 Å². The topological polar surface area (TPSA) is 147 Å². The summed E-state index contributed by atoms with van der Waals surface area (Å²) < 4.78 is 24.3. The standard InChI is InChI=1S/C35H34BrN5O6/c1-44-30-10-5-7-25(31(30)45-2)22-38-34(43)35(21-23-11-15-26(36)16-12-23)32(28-8-3-4-9-29(28)40-41-37)47-33(39-35)24-13-17-27(18-14-24)46-20-6-19-42/h3-5,7-18,32,42H,6,19-22H2,1-2H3,(H,38,43)/t32-,35-/m1/s1. The normalized spacial score (nSPS) is 16.8. The van der Waals surface area contributed by atoms with Crippen LogP contribution < -0.4 is 19.5 Å². The molecule has 5 rings (SSSR count). The van der Waals surface area contributed by atoms with Crippen molar-refractivity contribution in [2.45, 2.75) is 31.0 Å². The largest absolute Gasteiger partial charge is 0.494 e. The van der Waals surface area contributed by atoms with Gasteiger partial charge in [-0.25, -0.2) is 4.99 Å². The minimum absolute atomic E-state index is 0.0363. The maximum absolute atomic E-state index is 14.7. The van der Waals surface area contributed by atoms with Crippen LogP contribution >= 0.6 is 15.9 Å². The number of halogens is 1. The van der Waals surface area contributed by atoms with E-state index >= 15 is 0 Å². The summed E-state index contributed by atoms with van der Waals surface area (Å²) in [5.41, 5.74) is 10.9. The van der Waals surface area contributed by atoms with Gasteiger partial charge in [0.1, 0.15) is 5.75 Å². The smallest absolute Gasteiger partial charge is 0.252 e. The highest BCUT2D eigenvalue weighted by atomic mass is 79.9. The summed E-state index contributed by atoms with van der Waals surface area (Å²) in [6, 6.07) is 27.3. The van der Waals surface area contributed by atoms with Crippen molar-refractivity contribution < 1.29 is 28.8 Å². The highest BCUT2D eigenvalue weighted by molar-refractivity contribution is 9.10. The molecule has 1 amide bonds. The molecule has 2 N–H and O–H groups in total. The molecule has 11 nitrogen and oxygen atoms in total. The molecule has 1 aliphatic rings. The molecule has 0 aromatic heterocycles. The average Bonchev–Trinajstić information content (AvgIpc) is 3.48. The van der Waals surface area contributed by atoms with E-state index in [0.29, 0.717) is 52.7 Å². The van der Waals surface area contributed by atoms with Crippen molar-refractivity contribution in [3.05, 3.63) is 128 Å². The van der Waals surface area contributed by atoms with E-state index in [0.717, 1.165) is 10.0 Å². The Bertz CT molecular complexity index is 1780. The van der Waals surface area contributed by atoms with Crippen molar-refractivity contribution >= 4 is 33.4 Å². The maximum Gasteiger partial charge on any atom is 0.252 e. The van der Waals surface area contributed by atoms with Gasteiger partial charge in [0.25, 0.3) is 5.91 Å². The highest BCUT2D eigenvalue weighted by Gasteiger charge is 2.53. The van der Waals surface area contributed by atoms with Crippen molar-refractivity contribution in [1.82, 2.24) is 5.32 Å². The second kappa shape index (κ2) is 15.5. The van der Waals surface area contributed by atoms with Gasteiger partial charge in [0.2, 0.25) is 5.90 Å². The summed E-state index contributed by atoms with van der Waals surface area (Å²) in [6.07, 6.45) is -0.280. The molecule has 12 heteroatoms. The fourth-order valence-electron chi connectivity index (χ4n) is 5.44. The van der Waals surface area contributed by atoms with Crippen LogP contribution in [-0.2, 0) is 22.5 Å². The Labute approximate surface area is 280 Å². The first-order chi connectivity index (χ1) is 22.9. The Kier molecular flexibility index (Phi) is 11.0. The van der Waals surface area contributed by atoms with Crippen LogP contribution in [0.15, 0.2) is 106 Å². The Balaban J connectivity index is 1.61. The molecular formula is C35H34BrN5O6. The molecule has 0 saturated heterocycles. The van der Waals surface area contributed by atoms with E-state index in [2.05, 4.69) is 31.3 Å². The first-order valence-corrected chi connectivity index (χ1v) is 15.7. The lowest BCUT2D eigenvalue weighted by Crippen LogP contribution is -2.49. The third kappa shape index (κ3) is 7.52. The SMILES string of the molecule is COc1cccc(CNC(=O)[C@]2(Cc3ccc(Br)cc3)N=C(c3ccc(OCCCO)cc3)O[C@@H]2c2ccccc2N=[N+]=[N-])c1OC. The van der Waals surface area contributed by atoms with E-state index in [1.54, 1.807) is 68.8 Å². The molecule has 0 aliphatic carbocycles. The van der Waals surface area contributed by atoms with Crippen LogP contribution in [0.5, 0.6) is 17.2 Å². The maximum atomic E-state index is 14.7. The van der Waals surface area contributed by atoms with Gasteiger partial charge in [0.15, 0.2) is 23.1 Å². The number of carbonyl (C=O) groups excluding carboxylic acids is 1. The number of hydrogen-bond acceptors (Lipinski definition) is 8. The fraction of sp³-hybridized carbons (Fsp3) is 0.257. The van der Waals surface area contributed by atoms with E-state index in [1.807, 2.05) is 36.4 Å². The number of rotatable bonds is 14. The van der Waals surface area contributed by atoms with E-state index in [-0.39, 0.29) is 25.5 Å². The zero-order valence-electron chi connectivity index (χ0n) is 25.9. The molecule has 4 aromatic rings. The Morgan fingerprint density at radius 2 is 1.81 bits per heavy atom. The zero-order chi connectivity index (χ0) is 33.2. The molecule has 0 radical (unpaired) electrons. The van der Waals surface area contributed by atoms with Crippen LogP contribution in [0.4, 0.5) is 5.69 Å². The zero-order valence-corrected chi connectivity index (χ0v) is 27.5. The summed E-state index contributed by atoms with van der Waals surface area (Å²) in [5.74, 6) is 1.52. The van der Waals surface area contributed by atoms with Gasteiger partial charge in [-0.05, 0) is 53.6 Å². The minimum Gasteiger partial charge on any atom is -0.494 e. The molecule has 0 saturated carbocycles. The molecule has 1 aliphatic heterocycles. The lowest BCUT2D eigenvalue weighted by molar-refractivity contribution is -0.129. The summed E-state index contributed by atoms with van der Waals surface area (Å²) in [6.45, 7) is 0.533. The molecule has 242 valence electrons. The van der Waals surface area contributed by atoms with E-state index in [9.17, 15) is 10.3 Å². The van der Waals surface area contributed by atoms with Crippen molar-refractivity contribution in [1.29, 1.82) is 0 Å². The number of azide groups is 1. The molecule has 2 atom stereocenters. The number of aliphatic hydroxyl groups excluding tert-OH is 1. The van der Waals surface area contributed by atoms with Gasteiger partial charge in [-0.1, -0.05) is 69.6 Å². The van der Waals surface area contributed by atoms with Crippen molar-refractivity contribution in [3.63, 3.8) is 0 Å². The van der Waals surface area contributed by atoms with E-state index in [1.165, 1.54) is 0 Å². The highest BCUT2D eigenvalue weighted by Crippen LogP contribution is 2.45. The predicted octanol–water partition coefficient (Wildman–Crippen LogP) is 6.99. The van der Waals surface area contributed by atoms with Crippen LogP contribution in [0.3, 0.4) is 0 Å². The molecule has 0 fully saturated rings. The lowest BCUT2D eigenvalue weighted by atomic mass is 9.81.